The number of para-hydroxylation sites is 1. The zero-order chi connectivity index (χ0) is 12.3. The Morgan fingerprint density at radius 1 is 1.56 bits per heavy atom. The van der Waals surface area contributed by atoms with Gasteiger partial charge in [0.05, 0.1) is 19.3 Å². The van der Waals surface area contributed by atoms with Gasteiger partial charge in [0.2, 0.25) is 0 Å². The minimum Gasteiger partial charge on any atom is -0.504 e. The van der Waals surface area contributed by atoms with Gasteiger partial charge in [-0.1, -0.05) is 12.1 Å². The first kappa shape index (κ1) is 14.4. The molecule has 1 amide bonds. The van der Waals surface area contributed by atoms with E-state index in [4.69, 9.17) is 9.47 Å². The monoisotopic (exact) mass is 273 g/mol. The normalized spacial score (nSPS) is 18.3. The van der Waals surface area contributed by atoms with E-state index in [-0.39, 0.29) is 24.2 Å². The molecule has 1 fully saturated rings. The number of phenols is 1. The van der Waals surface area contributed by atoms with Crippen LogP contribution in [0.25, 0.3) is 0 Å². The maximum atomic E-state index is 11.1. The molecule has 0 aromatic heterocycles. The van der Waals surface area contributed by atoms with Gasteiger partial charge >= 0.3 is 6.09 Å². The van der Waals surface area contributed by atoms with E-state index in [1.165, 1.54) is 0 Å². The van der Waals surface area contributed by atoms with Crippen LogP contribution in [-0.4, -0.2) is 24.4 Å². The Morgan fingerprint density at radius 3 is 3.00 bits per heavy atom. The van der Waals surface area contributed by atoms with Crippen molar-refractivity contribution in [3.63, 3.8) is 0 Å². The van der Waals surface area contributed by atoms with E-state index in [1.54, 1.807) is 18.2 Å². The van der Waals surface area contributed by atoms with Crippen molar-refractivity contribution in [2.45, 2.75) is 19.4 Å². The van der Waals surface area contributed by atoms with Gasteiger partial charge in [-0.05, 0) is 13.0 Å². The standard InChI is InChI=1S/C12H15NO4.ClH/c1-2-16-10-5-3-4-8(11(10)14)9-6-7-17-12(15)13-9;/h3-5,9,14H,2,6-7H2,1H3,(H,13,15);1H/t9-;/m1./s1. The summed E-state index contributed by atoms with van der Waals surface area (Å²) in [5, 5.41) is 12.7. The second kappa shape index (κ2) is 6.35. The number of ether oxygens (including phenoxy) is 2. The summed E-state index contributed by atoms with van der Waals surface area (Å²) >= 11 is 0. The van der Waals surface area contributed by atoms with E-state index in [2.05, 4.69) is 5.32 Å². The number of carbonyl (C=O) groups excluding carboxylic acids is 1. The molecule has 6 heteroatoms. The van der Waals surface area contributed by atoms with Gasteiger partial charge in [-0.3, -0.25) is 0 Å². The molecule has 5 nitrogen and oxygen atoms in total. The minimum absolute atomic E-state index is 0. The van der Waals surface area contributed by atoms with Crippen LogP contribution in [0.4, 0.5) is 4.79 Å². The van der Waals surface area contributed by atoms with Gasteiger partial charge in [0.15, 0.2) is 11.5 Å². The molecular weight excluding hydrogens is 258 g/mol. The first-order chi connectivity index (χ1) is 8.22. The van der Waals surface area contributed by atoms with Gasteiger partial charge in [-0.25, -0.2) is 4.79 Å². The van der Waals surface area contributed by atoms with Crippen LogP contribution < -0.4 is 10.1 Å². The van der Waals surface area contributed by atoms with Gasteiger partial charge in [0.1, 0.15) is 0 Å². The van der Waals surface area contributed by atoms with Crippen molar-refractivity contribution in [2.24, 2.45) is 0 Å². The second-order valence-corrected chi connectivity index (χ2v) is 3.75. The summed E-state index contributed by atoms with van der Waals surface area (Å²) in [6.07, 6.45) is 0.178. The molecule has 1 heterocycles. The van der Waals surface area contributed by atoms with Crippen molar-refractivity contribution in [1.29, 1.82) is 0 Å². The number of benzene rings is 1. The Balaban J connectivity index is 0.00000162. The number of aromatic hydroxyl groups is 1. The van der Waals surface area contributed by atoms with Crippen molar-refractivity contribution in [1.82, 2.24) is 5.32 Å². The molecule has 1 aliphatic heterocycles. The number of carbonyl (C=O) groups is 1. The number of alkyl carbamates (subject to hydrolysis) is 1. The van der Waals surface area contributed by atoms with Gasteiger partial charge in [-0.2, -0.15) is 0 Å². The molecular formula is C12H16ClNO4. The lowest BCUT2D eigenvalue weighted by Crippen LogP contribution is -2.35. The zero-order valence-electron chi connectivity index (χ0n) is 10.0. The third-order valence-electron chi connectivity index (χ3n) is 2.64. The molecule has 0 spiro atoms. The molecule has 0 bridgehead atoms. The Hall–Kier alpha value is -1.62. The number of phenolic OH excluding ortho intramolecular Hbond substituents is 1. The fourth-order valence-electron chi connectivity index (χ4n) is 1.85. The van der Waals surface area contributed by atoms with Crippen LogP contribution in [0.5, 0.6) is 11.5 Å². The molecule has 18 heavy (non-hydrogen) atoms. The lowest BCUT2D eigenvalue weighted by Gasteiger charge is -2.24. The molecule has 0 saturated carbocycles. The van der Waals surface area contributed by atoms with E-state index in [1.807, 2.05) is 6.92 Å². The first-order valence-corrected chi connectivity index (χ1v) is 5.60. The summed E-state index contributed by atoms with van der Waals surface area (Å²) in [5.41, 5.74) is 0.660. The molecule has 0 radical (unpaired) electrons. The van der Waals surface area contributed by atoms with Crippen molar-refractivity contribution in [2.75, 3.05) is 13.2 Å². The van der Waals surface area contributed by atoms with Crippen LogP contribution >= 0.6 is 12.4 Å². The van der Waals surface area contributed by atoms with Gasteiger partial charge < -0.3 is 19.9 Å². The molecule has 2 rings (SSSR count). The van der Waals surface area contributed by atoms with E-state index < -0.39 is 6.09 Å². The Kier molecular flexibility index (Phi) is 5.09. The van der Waals surface area contributed by atoms with Crippen LogP contribution in [-0.2, 0) is 4.74 Å². The smallest absolute Gasteiger partial charge is 0.407 e. The molecule has 100 valence electrons. The maximum absolute atomic E-state index is 11.1. The Bertz CT molecular complexity index is 425. The van der Waals surface area contributed by atoms with Crippen molar-refractivity contribution >= 4 is 18.5 Å². The number of hydrogen-bond donors (Lipinski definition) is 2. The summed E-state index contributed by atoms with van der Waals surface area (Å²) in [4.78, 5) is 11.1. The lowest BCUT2D eigenvalue weighted by molar-refractivity contribution is 0.115. The number of hydrogen-bond acceptors (Lipinski definition) is 4. The fraction of sp³-hybridized carbons (Fsp3) is 0.417. The van der Waals surface area contributed by atoms with Crippen LogP contribution in [0.2, 0.25) is 0 Å². The molecule has 1 aromatic rings. The highest BCUT2D eigenvalue weighted by Gasteiger charge is 2.24. The van der Waals surface area contributed by atoms with E-state index in [9.17, 15) is 9.90 Å². The largest absolute Gasteiger partial charge is 0.504 e. The molecule has 0 unspecified atom stereocenters. The van der Waals surface area contributed by atoms with Crippen LogP contribution in [0, 0.1) is 0 Å². The third kappa shape index (κ3) is 2.98. The first-order valence-electron chi connectivity index (χ1n) is 5.60. The fourth-order valence-corrected chi connectivity index (χ4v) is 1.85. The number of amides is 1. The number of rotatable bonds is 3. The molecule has 1 aromatic carbocycles. The highest BCUT2D eigenvalue weighted by Crippen LogP contribution is 2.35. The molecule has 2 N–H and O–H groups in total. The average Bonchev–Trinajstić information content (AvgIpc) is 2.32. The number of cyclic esters (lactones) is 1. The van der Waals surface area contributed by atoms with Crippen LogP contribution in [0.1, 0.15) is 24.9 Å². The van der Waals surface area contributed by atoms with Crippen molar-refractivity contribution in [3.8, 4) is 11.5 Å². The molecule has 1 aliphatic rings. The van der Waals surface area contributed by atoms with E-state index in [0.717, 1.165) is 0 Å². The summed E-state index contributed by atoms with van der Waals surface area (Å²) in [5.74, 6) is 0.521. The highest BCUT2D eigenvalue weighted by atomic mass is 35.5. The highest BCUT2D eigenvalue weighted by molar-refractivity contribution is 5.85. The third-order valence-corrected chi connectivity index (χ3v) is 2.64. The minimum atomic E-state index is -0.456. The van der Waals surface area contributed by atoms with Crippen LogP contribution in [0.15, 0.2) is 18.2 Å². The zero-order valence-corrected chi connectivity index (χ0v) is 10.8. The van der Waals surface area contributed by atoms with E-state index >= 15 is 0 Å². The summed E-state index contributed by atoms with van der Waals surface area (Å²) in [6.45, 7) is 2.69. The topological polar surface area (TPSA) is 67.8 Å². The second-order valence-electron chi connectivity index (χ2n) is 3.75. The van der Waals surface area contributed by atoms with E-state index in [0.29, 0.717) is 30.9 Å². The maximum Gasteiger partial charge on any atom is 0.407 e. The Morgan fingerprint density at radius 2 is 2.33 bits per heavy atom. The number of nitrogens with one attached hydrogen (secondary N) is 1. The predicted molar refractivity (Wildman–Crippen MR) is 68.4 cm³/mol. The number of halogens is 1. The molecule has 0 aliphatic carbocycles. The lowest BCUT2D eigenvalue weighted by atomic mass is 10.0. The summed E-state index contributed by atoms with van der Waals surface area (Å²) in [6, 6.07) is 5.04. The van der Waals surface area contributed by atoms with Crippen molar-refractivity contribution in [3.05, 3.63) is 23.8 Å². The quantitative estimate of drug-likeness (QED) is 0.887. The van der Waals surface area contributed by atoms with Gasteiger partial charge in [0, 0.05) is 12.0 Å². The average molecular weight is 274 g/mol. The SMILES string of the molecule is CCOc1cccc([C@H]2CCOC(=O)N2)c1O.Cl. The Labute approximate surface area is 112 Å². The molecule has 1 saturated heterocycles. The summed E-state index contributed by atoms with van der Waals surface area (Å²) in [7, 11) is 0. The molecule has 1 atom stereocenters. The van der Waals surface area contributed by atoms with Gasteiger partial charge in [0.25, 0.3) is 0 Å². The van der Waals surface area contributed by atoms with Gasteiger partial charge in [-0.15, -0.1) is 12.4 Å². The summed E-state index contributed by atoms with van der Waals surface area (Å²) < 4.78 is 10.1. The van der Waals surface area contributed by atoms with Crippen molar-refractivity contribution < 1.29 is 19.4 Å². The van der Waals surface area contributed by atoms with Crippen LogP contribution in [0.3, 0.4) is 0 Å². The predicted octanol–water partition coefficient (Wildman–Crippen LogP) is 2.38.